The predicted molar refractivity (Wildman–Crippen MR) is 52.2 cm³/mol. The average molecular weight is 181 g/mol. The summed E-state index contributed by atoms with van der Waals surface area (Å²) in [6.07, 6.45) is 7.82. The van der Waals surface area contributed by atoms with Crippen LogP contribution in [-0.4, -0.2) is 13.0 Å². The molecular formula is C11H19NO. The van der Waals surface area contributed by atoms with Crippen LogP contribution in [-0.2, 0) is 4.79 Å². The van der Waals surface area contributed by atoms with Crippen LogP contribution in [0.2, 0.25) is 0 Å². The van der Waals surface area contributed by atoms with Gasteiger partial charge in [0.2, 0.25) is 5.91 Å². The summed E-state index contributed by atoms with van der Waals surface area (Å²) in [7, 11) is 1.77. The number of rotatable bonds is 3. The van der Waals surface area contributed by atoms with Crippen molar-refractivity contribution in [2.75, 3.05) is 7.05 Å². The minimum Gasteiger partial charge on any atom is -0.359 e. The van der Waals surface area contributed by atoms with Crippen molar-refractivity contribution in [2.24, 2.45) is 17.8 Å². The van der Waals surface area contributed by atoms with Gasteiger partial charge in [-0.2, -0.15) is 0 Å². The van der Waals surface area contributed by atoms with Crippen LogP contribution in [0.25, 0.3) is 0 Å². The van der Waals surface area contributed by atoms with Crippen LogP contribution in [0, 0.1) is 17.8 Å². The molecule has 2 aliphatic carbocycles. The van der Waals surface area contributed by atoms with E-state index < -0.39 is 0 Å². The lowest BCUT2D eigenvalue weighted by Gasteiger charge is -2.41. The standard InChI is InChI=1S/C11H19NO/c1-12-11(13)10(8-4-2-5-8)9-6-3-7-9/h8-10H,2-7H2,1H3,(H,12,13). The minimum absolute atomic E-state index is 0.300. The number of amides is 1. The molecule has 2 aliphatic rings. The molecule has 0 unspecified atom stereocenters. The van der Waals surface area contributed by atoms with Gasteiger partial charge in [0.05, 0.1) is 0 Å². The van der Waals surface area contributed by atoms with E-state index in [-0.39, 0.29) is 0 Å². The van der Waals surface area contributed by atoms with Crippen molar-refractivity contribution in [3.05, 3.63) is 0 Å². The molecule has 2 heteroatoms. The van der Waals surface area contributed by atoms with E-state index in [1.54, 1.807) is 7.05 Å². The molecule has 0 heterocycles. The van der Waals surface area contributed by atoms with Gasteiger partial charge in [0.1, 0.15) is 0 Å². The van der Waals surface area contributed by atoms with Gasteiger partial charge in [0.15, 0.2) is 0 Å². The number of hydrogen-bond acceptors (Lipinski definition) is 1. The first-order valence-electron chi connectivity index (χ1n) is 5.54. The van der Waals surface area contributed by atoms with E-state index in [4.69, 9.17) is 0 Å². The highest BCUT2D eigenvalue weighted by atomic mass is 16.1. The second kappa shape index (κ2) is 3.69. The molecule has 2 fully saturated rings. The summed E-state index contributed by atoms with van der Waals surface area (Å²) in [5.74, 6) is 2.08. The molecule has 0 aromatic rings. The third kappa shape index (κ3) is 1.59. The molecule has 0 spiro atoms. The molecule has 2 rings (SSSR count). The third-order valence-electron chi connectivity index (χ3n) is 3.86. The van der Waals surface area contributed by atoms with Gasteiger partial charge in [0, 0.05) is 13.0 Å². The first-order valence-corrected chi connectivity index (χ1v) is 5.54. The van der Waals surface area contributed by atoms with Gasteiger partial charge in [-0.15, -0.1) is 0 Å². The summed E-state index contributed by atoms with van der Waals surface area (Å²) in [5, 5.41) is 2.82. The number of carbonyl (C=O) groups excluding carboxylic acids is 1. The van der Waals surface area contributed by atoms with E-state index >= 15 is 0 Å². The molecular weight excluding hydrogens is 162 g/mol. The fraction of sp³-hybridized carbons (Fsp3) is 0.909. The van der Waals surface area contributed by atoms with Crippen LogP contribution in [0.4, 0.5) is 0 Å². The van der Waals surface area contributed by atoms with E-state index in [2.05, 4.69) is 5.32 Å². The Kier molecular flexibility index (Phi) is 2.56. The molecule has 0 aliphatic heterocycles. The highest BCUT2D eigenvalue weighted by Crippen LogP contribution is 2.44. The maximum atomic E-state index is 11.7. The van der Waals surface area contributed by atoms with E-state index in [9.17, 15) is 4.79 Å². The van der Waals surface area contributed by atoms with E-state index in [1.807, 2.05) is 0 Å². The maximum absolute atomic E-state index is 11.7. The van der Waals surface area contributed by atoms with Gasteiger partial charge in [-0.05, 0) is 37.5 Å². The van der Waals surface area contributed by atoms with Crippen molar-refractivity contribution in [1.82, 2.24) is 5.32 Å². The van der Waals surface area contributed by atoms with Gasteiger partial charge in [-0.3, -0.25) is 4.79 Å². The largest absolute Gasteiger partial charge is 0.359 e. The lowest BCUT2D eigenvalue weighted by atomic mass is 9.64. The number of carbonyl (C=O) groups is 1. The van der Waals surface area contributed by atoms with Crippen LogP contribution in [0.3, 0.4) is 0 Å². The molecule has 0 bridgehead atoms. The molecule has 0 saturated heterocycles. The Bertz CT molecular complexity index is 180. The summed E-state index contributed by atoms with van der Waals surface area (Å²) < 4.78 is 0. The summed E-state index contributed by atoms with van der Waals surface area (Å²) in [5.41, 5.74) is 0. The Morgan fingerprint density at radius 2 is 1.62 bits per heavy atom. The van der Waals surface area contributed by atoms with Gasteiger partial charge in [-0.1, -0.05) is 12.8 Å². The second-order valence-electron chi connectivity index (χ2n) is 4.52. The molecule has 74 valence electrons. The van der Waals surface area contributed by atoms with E-state index in [1.165, 1.54) is 38.5 Å². The SMILES string of the molecule is CNC(=O)C(C1CCC1)C1CCC1. The predicted octanol–water partition coefficient (Wildman–Crippen LogP) is 1.95. The zero-order valence-electron chi connectivity index (χ0n) is 8.38. The molecule has 0 radical (unpaired) electrons. The molecule has 0 aromatic carbocycles. The zero-order valence-corrected chi connectivity index (χ0v) is 8.38. The molecule has 0 atom stereocenters. The van der Waals surface area contributed by atoms with Crippen molar-refractivity contribution in [1.29, 1.82) is 0 Å². The normalized spacial score (nSPS) is 23.8. The van der Waals surface area contributed by atoms with Crippen molar-refractivity contribution < 1.29 is 4.79 Å². The maximum Gasteiger partial charge on any atom is 0.223 e. The van der Waals surface area contributed by atoms with Crippen molar-refractivity contribution in [3.8, 4) is 0 Å². The Hall–Kier alpha value is -0.530. The monoisotopic (exact) mass is 181 g/mol. The fourth-order valence-electron chi connectivity index (χ4n) is 2.58. The zero-order chi connectivity index (χ0) is 9.26. The summed E-state index contributed by atoms with van der Waals surface area (Å²) in [6.45, 7) is 0. The van der Waals surface area contributed by atoms with E-state index in [0.717, 1.165) is 0 Å². The summed E-state index contributed by atoms with van der Waals surface area (Å²) in [4.78, 5) is 11.7. The highest BCUT2D eigenvalue weighted by Gasteiger charge is 2.39. The van der Waals surface area contributed by atoms with Crippen LogP contribution < -0.4 is 5.32 Å². The first-order chi connectivity index (χ1) is 6.33. The Morgan fingerprint density at radius 1 is 1.15 bits per heavy atom. The first kappa shape index (κ1) is 9.04. The van der Waals surface area contributed by atoms with Crippen molar-refractivity contribution in [3.63, 3.8) is 0 Å². The van der Waals surface area contributed by atoms with Crippen LogP contribution in [0.1, 0.15) is 38.5 Å². The number of hydrogen-bond donors (Lipinski definition) is 1. The average Bonchev–Trinajstić information content (AvgIpc) is 1.95. The summed E-state index contributed by atoms with van der Waals surface area (Å²) >= 11 is 0. The van der Waals surface area contributed by atoms with Crippen molar-refractivity contribution >= 4 is 5.91 Å². The van der Waals surface area contributed by atoms with Crippen LogP contribution >= 0.6 is 0 Å². The molecule has 13 heavy (non-hydrogen) atoms. The minimum atomic E-state index is 0.300. The fourth-order valence-corrected chi connectivity index (χ4v) is 2.58. The van der Waals surface area contributed by atoms with Crippen LogP contribution in [0.5, 0.6) is 0 Å². The molecule has 2 saturated carbocycles. The Labute approximate surface area is 80.1 Å². The smallest absolute Gasteiger partial charge is 0.223 e. The van der Waals surface area contributed by atoms with Gasteiger partial charge in [-0.25, -0.2) is 0 Å². The van der Waals surface area contributed by atoms with Gasteiger partial charge < -0.3 is 5.32 Å². The lowest BCUT2D eigenvalue weighted by molar-refractivity contribution is -0.131. The molecule has 1 amide bonds. The topological polar surface area (TPSA) is 29.1 Å². The molecule has 1 N–H and O–H groups in total. The highest BCUT2D eigenvalue weighted by molar-refractivity contribution is 5.79. The quantitative estimate of drug-likeness (QED) is 0.708. The molecule has 2 nitrogen and oxygen atoms in total. The summed E-state index contributed by atoms with van der Waals surface area (Å²) in [6, 6.07) is 0. The third-order valence-corrected chi connectivity index (χ3v) is 3.86. The van der Waals surface area contributed by atoms with Gasteiger partial charge in [0.25, 0.3) is 0 Å². The second-order valence-corrected chi connectivity index (χ2v) is 4.52. The van der Waals surface area contributed by atoms with Crippen LogP contribution in [0.15, 0.2) is 0 Å². The number of nitrogens with one attached hydrogen (secondary N) is 1. The Morgan fingerprint density at radius 3 is 1.85 bits per heavy atom. The lowest BCUT2D eigenvalue weighted by Crippen LogP contribution is -2.42. The van der Waals surface area contributed by atoms with Crippen molar-refractivity contribution in [2.45, 2.75) is 38.5 Å². The van der Waals surface area contributed by atoms with E-state index in [0.29, 0.717) is 23.7 Å². The molecule has 0 aromatic heterocycles. The van der Waals surface area contributed by atoms with Gasteiger partial charge >= 0.3 is 0 Å². The Balaban J connectivity index is 1.96.